The Morgan fingerprint density at radius 1 is 0.522 bits per heavy atom. The molecule has 2 aromatic carbocycles. The van der Waals surface area contributed by atoms with Gasteiger partial charge in [0.1, 0.15) is 0 Å². The second-order valence-corrected chi connectivity index (χ2v) is 13.2. The molecule has 5 aromatic rings. The number of aromatic nitrogens is 4. The van der Waals surface area contributed by atoms with E-state index in [0.717, 1.165) is 72.3 Å². The molecule has 0 amide bonds. The summed E-state index contributed by atoms with van der Waals surface area (Å²) < 4.78 is 0. The lowest BCUT2D eigenvalue weighted by atomic mass is 9.86. The third-order valence-electron chi connectivity index (χ3n) is 10.8. The third-order valence-corrected chi connectivity index (χ3v) is 10.8. The molecule has 0 unspecified atom stereocenters. The van der Waals surface area contributed by atoms with Gasteiger partial charge in [-0.05, 0) is 132 Å². The van der Waals surface area contributed by atoms with Crippen LogP contribution in [0.2, 0.25) is 0 Å². The minimum Gasteiger partial charge on any atom is -0.355 e. The minimum atomic E-state index is 0.937. The molecule has 4 heteroatoms. The van der Waals surface area contributed by atoms with Gasteiger partial charge in [0.25, 0.3) is 0 Å². The van der Waals surface area contributed by atoms with Crippen molar-refractivity contribution in [3.8, 4) is 22.3 Å². The van der Waals surface area contributed by atoms with E-state index in [2.05, 4.69) is 110 Å². The highest BCUT2D eigenvalue weighted by Gasteiger charge is 2.25. The molecule has 0 saturated heterocycles. The molecular formula is C42H38N4. The number of hydrogen-bond acceptors (Lipinski definition) is 2. The van der Waals surface area contributed by atoms with Crippen LogP contribution in [0.1, 0.15) is 85.6 Å². The molecule has 2 aliphatic heterocycles. The van der Waals surface area contributed by atoms with Crippen LogP contribution in [-0.2, 0) is 25.7 Å². The van der Waals surface area contributed by atoms with Crippen molar-refractivity contribution >= 4 is 44.4 Å². The number of rotatable bonds is 2. The predicted molar refractivity (Wildman–Crippen MR) is 192 cm³/mol. The Morgan fingerprint density at radius 2 is 0.935 bits per heavy atom. The molecule has 0 saturated carbocycles. The van der Waals surface area contributed by atoms with Gasteiger partial charge in [-0.15, -0.1) is 0 Å². The first-order chi connectivity index (χ1) is 22.5. The summed E-state index contributed by atoms with van der Waals surface area (Å²) in [5, 5.41) is 0. The molecule has 2 aliphatic carbocycles. The molecule has 8 bridgehead atoms. The summed E-state index contributed by atoms with van der Waals surface area (Å²) in [6, 6.07) is 27.0. The highest BCUT2D eigenvalue weighted by Crippen LogP contribution is 2.43. The van der Waals surface area contributed by atoms with Crippen LogP contribution >= 0.6 is 0 Å². The average Bonchev–Trinajstić information content (AvgIpc) is 3.78. The largest absolute Gasteiger partial charge is 0.355 e. The molecule has 4 nitrogen and oxygen atoms in total. The van der Waals surface area contributed by atoms with Crippen LogP contribution in [0.4, 0.5) is 0 Å². The van der Waals surface area contributed by atoms with E-state index in [1.807, 2.05) is 0 Å². The fourth-order valence-electron chi connectivity index (χ4n) is 8.46. The Labute approximate surface area is 270 Å². The molecular weight excluding hydrogens is 560 g/mol. The van der Waals surface area contributed by atoms with Crippen molar-refractivity contribution in [2.45, 2.75) is 66.2 Å². The quantitative estimate of drug-likeness (QED) is 0.212. The van der Waals surface area contributed by atoms with Crippen LogP contribution in [0.15, 0.2) is 72.8 Å². The van der Waals surface area contributed by atoms with Gasteiger partial charge < -0.3 is 9.97 Å². The fraction of sp³-hybridized carbons (Fsp3) is 0.238. The second-order valence-electron chi connectivity index (χ2n) is 13.2. The topological polar surface area (TPSA) is 57.4 Å². The van der Waals surface area contributed by atoms with Crippen molar-refractivity contribution in [1.82, 2.24) is 19.9 Å². The van der Waals surface area contributed by atoms with Gasteiger partial charge in [-0.1, -0.05) is 62.4 Å². The number of nitrogens with one attached hydrogen (secondary N) is 2. The zero-order valence-corrected chi connectivity index (χ0v) is 27.1. The Morgan fingerprint density at radius 3 is 1.37 bits per heavy atom. The molecule has 0 atom stereocenters. The highest BCUT2D eigenvalue weighted by atomic mass is 14.8. The van der Waals surface area contributed by atoms with E-state index in [1.54, 1.807) is 0 Å². The molecule has 0 spiro atoms. The molecule has 0 radical (unpaired) electrons. The van der Waals surface area contributed by atoms with Gasteiger partial charge in [0, 0.05) is 33.2 Å². The van der Waals surface area contributed by atoms with E-state index >= 15 is 0 Å². The number of hydrogen-bond donors (Lipinski definition) is 2. The first kappa shape index (κ1) is 27.4. The molecule has 4 aliphatic rings. The number of fused-ring (bicyclic) bond motifs is 18. The number of benzene rings is 2. The lowest BCUT2D eigenvalue weighted by Crippen LogP contribution is -2.01. The summed E-state index contributed by atoms with van der Waals surface area (Å²) in [4.78, 5) is 18.5. The number of aromatic amines is 2. The molecule has 3 aromatic heterocycles. The van der Waals surface area contributed by atoms with Gasteiger partial charge in [0.05, 0.1) is 22.8 Å². The number of aryl methyl sites for hydroxylation is 4. The number of allylic oxidation sites excluding steroid dienone is 4. The Bertz CT molecular complexity index is 2190. The van der Waals surface area contributed by atoms with E-state index < -0.39 is 0 Å². The molecule has 5 heterocycles. The van der Waals surface area contributed by atoms with Crippen molar-refractivity contribution in [1.29, 1.82) is 0 Å². The smallest absolute Gasteiger partial charge is 0.0693 e. The van der Waals surface area contributed by atoms with Crippen molar-refractivity contribution in [3.05, 3.63) is 118 Å². The van der Waals surface area contributed by atoms with Crippen LogP contribution in [-0.4, -0.2) is 19.9 Å². The van der Waals surface area contributed by atoms with Gasteiger partial charge in [0.2, 0.25) is 0 Å². The fourth-order valence-corrected chi connectivity index (χ4v) is 8.46. The van der Waals surface area contributed by atoms with Crippen molar-refractivity contribution < 1.29 is 0 Å². The zero-order chi connectivity index (χ0) is 31.1. The van der Waals surface area contributed by atoms with Crippen LogP contribution in [0.3, 0.4) is 0 Å². The summed E-state index contributed by atoms with van der Waals surface area (Å²) in [6.07, 6.45) is 5.97. The Balaban J connectivity index is 1.45. The average molecular weight is 599 g/mol. The first-order valence-corrected chi connectivity index (χ1v) is 16.9. The van der Waals surface area contributed by atoms with Crippen molar-refractivity contribution in [2.75, 3.05) is 0 Å². The molecule has 2 N–H and O–H groups in total. The van der Waals surface area contributed by atoms with Crippen LogP contribution in [0.5, 0.6) is 0 Å². The second kappa shape index (κ2) is 10.3. The third kappa shape index (κ3) is 3.99. The van der Waals surface area contributed by atoms with Crippen molar-refractivity contribution in [2.24, 2.45) is 0 Å². The van der Waals surface area contributed by atoms with Crippen LogP contribution in [0.25, 0.3) is 66.6 Å². The Kier molecular flexibility index (Phi) is 6.12. The van der Waals surface area contributed by atoms with Gasteiger partial charge >= 0.3 is 0 Å². The van der Waals surface area contributed by atoms with E-state index in [9.17, 15) is 0 Å². The lowest BCUT2D eigenvalue weighted by Gasteiger charge is -2.16. The summed E-state index contributed by atoms with van der Waals surface area (Å²) in [5.41, 5.74) is 24.9. The summed E-state index contributed by atoms with van der Waals surface area (Å²) in [7, 11) is 0. The van der Waals surface area contributed by atoms with E-state index in [-0.39, 0.29) is 0 Å². The zero-order valence-electron chi connectivity index (χ0n) is 27.1. The monoisotopic (exact) mass is 598 g/mol. The summed E-state index contributed by atoms with van der Waals surface area (Å²) >= 11 is 0. The lowest BCUT2D eigenvalue weighted by molar-refractivity contribution is 0.954. The maximum absolute atomic E-state index is 5.34. The highest BCUT2D eigenvalue weighted by molar-refractivity contribution is 6.00. The molecule has 0 fully saturated rings. The van der Waals surface area contributed by atoms with Gasteiger partial charge in [-0.25, -0.2) is 9.97 Å². The van der Waals surface area contributed by atoms with E-state index in [0.29, 0.717) is 0 Å². The van der Waals surface area contributed by atoms with E-state index in [4.69, 9.17) is 9.97 Å². The SMILES string of the molecule is CCC1=C(C)c2cc3[nH]c(cc4nc(cc5[nH]c(cc1n2)c1c5-c2ccccc2CC1)C(C)=C4CC)c1c3-c2ccccc2CC1. The van der Waals surface area contributed by atoms with Gasteiger partial charge in [-0.3, -0.25) is 0 Å². The molecule has 9 rings (SSSR count). The summed E-state index contributed by atoms with van der Waals surface area (Å²) in [5.74, 6) is 0. The Hall–Kier alpha value is -4.96. The predicted octanol–water partition coefficient (Wildman–Crippen LogP) is 10.5. The van der Waals surface area contributed by atoms with Crippen molar-refractivity contribution in [3.63, 3.8) is 0 Å². The standard InChI is InChI=1S/C42H38N4/c1-5-27-23(3)33-19-39-42-30-14-10-8-12-26(30)16-18-32(42)38(46-39)22-36-28(6-2)24(4)34(44-36)20-40-41-29-13-9-7-11-25(29)15-17-31(41)37(45-40)21-35(27)43-33/h7-14,19-22,45-46H,5-6,15-18H2,1-4H3. The first-order valence-electron chi connectivity index (χ1n) is 16.9. The number of nitrogens with zero attached hydrogens (tertiary/aromatic N) is 2. The van der Waals surface area contributed by atoms with Crippen LogP contribution < -0.4 is 0 Å². The van der Waals surface area contributed by atoms with Gasteiger partial charge in [0.15, 0.2) is 0 Å². The van der Waals surface area contributed by atoms with E-state index in [1.165, 1.54) is 77.8 Å². The van der Waals surface area contributed by atoms with Gasteiger partial charge in [-0.2, -0.15) is 0 Å². The number of H-pyrrole nitrogens is 2. The summed E-state index contributed by atoms with van der Waals surface area (Å²) in [6.45, 7) is 8.98. The van der Waals surface area contributed by atoms with Crippen LogP contribution in [0, 0.1) is 0 Å². The molecule has 226 valence electrons. The minimum absolute atomic E-state index is 0.937. The maximum atomic E-state index is 5.34. The molecule has 46 heavy (non-hydrogen) atoms. The maximum Gasteiger partial charge on any atom is 0.0693 e. The normalized spacial score (nSPS) is 15.0.